The molecule has 17 heavy (non-hydrogen) atoms. The van der Waals surface area contributed by atoms with Crippen LogP contribution in [0, 0.1) is 5.92 Å². The van der Waals surface area contributed by atoms with E-state index in [9.17, 15) is 0 Å². The van der Waals surface area contributed by atoms with Crippen LogP contribution >= 0.6 is 0 Å². The first-order valence-electron chi connectivity index (χ1n) is 6.93. The number of fused-ring (bicyclic) bond motifs is 3. The molecule has 0 aromatic heterocycles. The molecular weight excluding hydrogens is 208 g/mol. The van der Waals surface area contributed by atoms with Gasteiger partial charge >= 0.3 is 0 Å². The second-order valence-corrected chi connectivity index (χ2v) is 5.88. The lowest BCUT2D eigenvalue weighted by atomic mass is 9.85. The Bertz CT molecular complexity index is 378. The number of hydrogen-bond donors (Lipinski definition) is 1. The molecule has 3 fully saturated rings. The number of hydrogen-bond acceptors (Lipinski definition) is 1. The van der Waals surface area contributed by atoms with Crippen LogP contribution in [0.15, 0.2) is 24.3 Å². The first-order chi connectivity index (χ1) is 8.31. The number of rotatable bonds is 3. The van der Waals surface area contributed by atoms with Crippen molar-refractivity contribution in [2.75, 3.05) is 19.6 Å². The van der Waals surface area contributed by atoms with Crippen molar-refractivity contribution in [1.29, 1.82) is 0 Å². The third-order valence-electron chi connectivity index (χ3n) is 4.88. The summed E-state index contributed by atoms with van der Waals surface area (Å²) in [6, 6.07) is 8.72. The van der Waals surface area contributed by atoms with Gasteiger partial charge in [0, 0.05) is 12.1 Å². The fourth-order valence-electron chi connectivity index (χ4n) is 3.65. The van der Waals surface area contributed by atoms with Crippen molar-refractivity contribution < 1.29 is 4.48 Å². The Morgan fingerprint density at radius 2 is 1.59 bits per heavy atom. The Morgan fingerprint density at radius 1 is 1.00 bits per heavy atom. The number of quaternary nitrogens is 1. The highest BCUT2D eigenvalue weighted by atomic mass is 15.4. The molecule has 92 valence electrons. The molecule has 1 aromatic carbocycles. The standard InChI is InChI=1S/C15H23N2/c16-11-14-3-1-2-4-15(14)12-17-8-5-13(6-9-17)7-10-17/h1-4,13H,5-12,16H2/q+1. The van der Waals surface area contributed by atoms with Gasteiger partial charge in [0.15, 0.2) is 0 Å². The molecule has 0 unspecified atom stereocenters. The van der Waals surface area contributed by atoms with Crippen LogP contribution in [0.3, 0.4) is 0 Å². The molecular formula is C15H23N2+. The first-order valence-corrected chi connectivity index (χ1v) is 6.93. The lowest BCUT2D eigenvalue weighted by Gasteiger charge is -2.49. The Kier molecular flexibility index (Phi) is 2.93. The Hall–Kier alpha value is -0.860. The largest absolute Gasteiger partial charge is 0.326 e. The number of nitrogens with two attached hydrogens (primary N) is 1. The quantitative estimate of drug-likeness (QED) is 0.794. The number of piperidine rings is 3. The Labute approximate surface area is 104 Å². The van der Waals surface area contributed by atoms with E-state index in [4.69, 9.17) is 5.73 Å². The minimum Gasteiger partial charge on any atom is -0.326 e. The molecule has 4 rings (SSSR count). The second-order valence-electron chi connectivity index (χ2n) is 5.88. The highest BCUT2D eigenvalue weighted by molar-refractivity contribution is 5.26. The molecule has 3 aliphatic rings. The average molecular weight is 231 g/mol. The van der Waals surface area contributed by atoms with Crippen LogP contribution in [-0.4, -0.2) is 24.1 Å². The van der Waals surface area contributed by atoms with E-state index in [1.165, 1.54) is 61.1 Å². The highest BCUT2D eigenvalue weighted by Crippen LogP contribution is 2.35. The maximum absolute atomic E-state index is 5.84. The van der Waals surface area contributed by atoms with Gasteiger partial charge in [-0.1, -0.05) is 24.3 Å². The molecule has 0 radical (unpaired) electrons. The van der Waals surface area contributed by atoms with Gasteiger partial charge in [0.2, 0.25) is 0 Å². The normalized spacial score (nSPS) is 31.7. The molecule has 0 saturated carbocycles. The molecule has 3 aliphatic heterocycles. The van der Waals surface area contributed by atoms with Crippen LogP contribution in [0.1, 0.15) is 30.4 Å². The molecule has 2 N–H and O–H groups in total. The maximum Gasteiger partial charge on any atom is 0.105 e. The van der Waals surface area contributed by atoms with Crippen molar-refractivity contribution in [2.24, 2.45) is 11.7 Å². The van der Waals surface area contributed by atoms with Crippen molar-refractivity contribution >= 4 is 0 Å². The van der Waals surface area contributed by atoms with Crippen LogP contribution in [0.4, 0.5) is 0 Å². The zero-order chi connectivity index (χ0) is 11.7. The van der Waals surface area contributed by atoms with E-state index in [2.05, 4.69) is 24.3 Å². The van der Waals surface area contributed by atoms with E-state index in [0.29, 0.717) is 6.54 Å². The van der Waals surface area contributed by atoms with E-state index in [1.807, 2.05) is 0 Å². The van der Waals surface area contributed by atoms with E-state index in [-0.39, 0.29) is 0 Å². The third kappa shape index (κ3) is 2.12. The fraction of sp³-hybridized carbons (Fsp3) is 0.600. The summed E-state index contributed by atoms with van der Waals surface area (Å²) in [4.78, 5) is 0. The maximum atomic E-state index is 5.84. The molecule has 3 saturated heterocycles. The van der Waals surface area contributed by atoms with Gasteiger partial charge < -0.3 is 10.2 Å². The minimum atomic E-state index is 0.679. The van der Waals surface area contributed by atoms with E-state index >= 15 is 0 Å². The van der Waals surface area contributed by atoms with Gasteiger partial charge in [0.1, 0.15) is 6.54 Å². The molecule has 2 nitrogen and oxygen atoms in total. The van der Waals surface area contributed by atoms with Crippen molar-refractivity contribution in [1.82, 2.24) is 0 Å². The van der Waals surface area contributed by atoms with Gasteiger partial charge in [-0.3, -0.25) is 0 Å². The summed E-state index contributed by atoms with van der Waals surface area (Å²) in [6.07, 6.45) is 4.35. The monoisotopic (exact) mass is 231 g/mol. The van der Waals surface area contributed by atoms with Gasteiger partial charge in [0.25, 0.3) is 0 Å². The SMILES string of the molecule is NCc1ccccc1C[N+]12CCC(CC1)CC2. The molecule has 1 aromatic rings. The summed E-state index contributed by atoms with van der Waals surface area (Å²) in [6.45, 7) is 6.07. The van der Waals surface area contributed by atoms with Crippen molar-refractivity contribution in [3.8, 4) is 0 Å². The number of benzene rings is 1. The Morgan fingerprint density at radius 3 is 2.18 bits per heavy atom. The Balaban J connectivity index is 1.81. The van der Waals surface area contributed by atoms with E-state index < -0.39 is 0 Å². The van der Waals surface area contributed by atoms with Gasteiger partial charge in [0.05, 0.1) is 19.6 Å². The summed E-state index contributed by atoms with van der Waals surface area (Å²) in [5.41, 5.74) is 8.67. The lowest BCUT2D eigenvalue weighted by molar-refractivity contribution is -0.955. The van der Waals surface area contributed by atoms with Gasteiger partial charge in [-0.05, 0) is 30.7 Å². The molecule has 0 amide bonds. The van der Waals surface area contributed by atoms with Crippen molar-refractivity contribution in [3.05, 3.63) is 35.4 Å². The minimum absolute atomic E-state index is 0.679. The summed E-state index contributed by atoms with van der Waals surface area (Å²) < 4.78 is 1.33. The zero-order valence-electron chi connectivity index (χ0n) is 10.6. The highest BCUT2D eigenvalue weighted by Gasteiger charge is 2.39. The first kappa shape index (κ1) is 11.2. The summed E-state index contributed by atoms with van der Waals surface area (Å²) >= 11 is 0. The van der Waals surface area contributed by atoms with Crippen LogP contribution in [0.25, 0.3) is 0 Å². The van der Waals surface area contributed by atoms with Gasteiger partial charge in [-0.25, -0.2) is 0 Å². The van der Waals surface area contributed by atoms with E-state index in [0.717, 1.165) is 5.92 Å². The topological polar surface area (TPSA) is 26.0 Å². The molecule has 0 spiro atoms. The average Bonchev–Trinajstić information content (AvgIpc) is 2.41. The molecule has 0 aliphatic carbocycles. The smallest absolute Gasteiger partial charge is 0.105 e. The van der Waals surface area contributed by atoms with Gasteiger partial charge in [-0.15, -0.1) is 0 Å². The summed E-state index contributed by atoms with van der Waals surface area (Å²) in [5, 5.41) is 0. The fourth-order valence-corrected chi connectivity index (χ4v) is 3.65. The van der Waals surface area contributed by atoms with Crippen molar-refractivity contribution in [2.45, 2.75) is 32.4 Å². The van der Waals surface area contributed by atoms with E-state index in [1.54, 1.807) is 0 Å². The van der Waals surface area contributed by atoms with Crippen LogP contribution in [0.2, 0.25) is 0 Å². The van der Waals surface area contributed by atoms with Crippen LogP contribution < -0.4 is 5.73 Å². The van der Waals surface area contributed by atoms with Gasteiger partial charge in [-0.2, -0.15) is 0 Å². The molecule has 2 heteroatoms. The van der Waals surface area contributed by atoms with Crippen molar-refractivity contribution in [3.63, 3.8) is 0 Å². The summed E-state index contributed by atoms with van der Waals surface area (Å²) in [7, 11) is 0. The molecule has 0 atom stereocenters. The predicted octanol–water partition coefficient (Wildman–Crippen LogP) is 2.28. The van der Waals surface area contributed by atoms with Crippen LogP contribution in [-0.2, 0) is 13.1 Å². The summed E-state index contributed by atoms with van der Waals surface area (Å²) in [5.74, 6) is 1.04. The van der Waals surface area contributed by atoms with Crippen LogP contribution in [0.5, 0.6) is 0 Å². The zero-order valence-corrected chi connectivity index (χ0v) is 10.6. The third-order valence-corrected chi connectivity index (χ3v) is 4.88. The molecule has 2 bridgehead atoms. The predicted molar refractivity (Wildman–Crippen MR) is 70.2 cm³/mol. The second kappa shape index (κ2) is 4.43. The molecule has 3 heterocycles. The lowest BCUT2D eigenvalue weighted by Crippen LogP contribution is -2.57. The number of nitrogens with zero attached hydrogens (tertiary/aromatic N) is 1.